The number of rotatable bonds is 8. The predicted molar refractivity (Wildman–Crippen MR) is 221 cm³/mol. The fourth-order valence-corrected chi connectivity index (χ4v) is 6.48. The molecule has 0 fully saturated rings. The Bertz CT molecular complexity index is 2470. The zero-order valence-corrected chi connectivity index (χ0v) is 28.9. The van der Waals surface area contributed by atoms with Gasteiger partial charge >= 0.3 is 0 Å². The molecule has 8 aromatic rings. The molecule has 4 nitrogen and oxygen atoms in total. The highest BCUT2D eigenvalue weighted by molar-refractivity contribution is 6.13. The van der Waals surface area contributed by atoms with Crippen LogP contribution >= 0.6 is 0 Å². The van der Waals surface area contributed by atoms with E-state index in [1.807, 2.05) is 48.7 Å². The summed E-state index contributed by atoms with van der Waals surface area (Å²) in [5, 5.41) is 5.06. The molecule has 0 spiro atoms. The van der Waals surface area contributed by atoms with E-state index in [9.17, 15) is 0 Å². The zero-order chi connectivity index (χ0) is 35.5. The molecule has 0 atom stereocenters. The number of nitrogens with zero attached hydrogens (tertiary/aromatic N) is 4. The second kappa shape index (κ2) is 16.3. The van der Waals surface area contributed by atoms with E-state index in [1.54, 1.807) is 6.20 Å². The first kappa shape index (κ1) is 33.7. The number of pyridine rings is 1. The number of aromatic nitrogens is 1. The molecule has 0 radical (unpaired) electrons. The fourth-order valence-electron chi connectivity index (χ4n) is 6.48. The van der Waals surface area contributed by atoms with Crippen LogP contribution in [0.15, 0.2) is 197 Å². The van der Waals surface area contributed by atoms with Gasteiger partial charge in [0, 0.05) is 23.5 Å². The fraction of sp³-hybridized carbons (Fsp3) is 0.0417. The van der Waals surface area contributed by atoms with Gasteiger partial charge in [0.15, 0.2) is 5.84 Å². The topological polar surface area (TPSA) is 50.0 Å². The van der Waals surface area contributed by atoms with Crippen LogP contribution in [0.5, 0.6) is 0 Å². The van der Waals surface area contributed by atoms with Gasteiger partial charge in [-0.3, -0.25) is 15.0 Å². The molecule has 8 rings (SSSR count). The SMILES string of the molecule is C=NC(=NCc1ccc(-c2ccccc2)cc1)c1ccccc1.C=NCc1cc(-c2cccnc2)cc(-c2cc3ccccc3c3ccccc23)c1. The number of amidine groups is 1. The molecule has 0 N–H and O–H groups in total. The van der Waals surface area contributed by atoms with Crippen molar-refractivity contribution in [1.29, 1.82) is 0 Å². The highest BCUT2D eigenvalue weighted by Gasteiger charge is 2.11. The van der Waals surface area contributed by atoms with Gasteiger partial charge in [0.25, 0.3) is 0 Å². The van der Waals surface area contributed by atoms with E-state index in [2.05, 4.69) is 161 Å². The third-order valence-corrected chi connectivity index (χ3v) is 9.02. The third kappa shape index (κ3) is 7.83. The van der Waals surface area contributed by atoms with Crippen molar-refractivity contribution in [2.75, 3.05) is 0 Å². The van der Waals surface area contributed by atoms with Gasteiger partial charge in [0.1, 0.15) is 0 Å². The highest BCUT2D eigenvalue weighted by Crippen LogP contribution is 2.37. The molecular weight excluding hydrogens is 633 g/mol. The van der Waals surface area contributed by atoms with Gasteiger partial charge in [0.05, 0.1) is 13.1 Å². The summed E-state index contributed by atoms with van der Waals surface area (Å²) in [6.07, 6.45) is 3.71. The van der Waals surface area contributed by atoms with Crippen molar-refractivity contribution >= 4 is 40.8 Å². The standard InChI is InChI=1S/C27H20N2.C21H18N2/c1-28-17-19-13-22(21-8-6-12-29-18-21)15-23(14-19)27-16-20-7-2-3-9-24(20)25-10-4-5-11-26(25)27;1-22-21(20-10-6-3-7-11-20)23-16-17-12-14-19(15-13-17)18-8-4-2-5-9-18/h2-16,18H,1,17H2;2-15H,1,16H2. The first-order valence-corrected chi connectivity index (χ1v) is 17.3. The summed E-state index contributed by atoms with van der Waals surface area (Å²) in [5.41, 5.74) is 10.4. The van der Waals surface area contributed by atoms with Crippen molar-refractivity contribution in [3.05, 3.63) is 199 Å². The van der Waals surface area contributed by atoms with Crippen LogP contribution in [0.3, 0.4) is 0 Å². The summed E-state index contributed by atoms with van der Waals surface area (Å²) in [6, 6.07) is 59.0. The lowest BCUT2D eigenvalue weighted by atomic mass is 9.91. The molecule has 1 aromatic heterocycles. The molecule has 52 heavy (non-hydrogen) atoms. The molecule has 0 saturated heterocycles. The molecule has 250 valence electrons. The largest absolute Gasteiger partial charge is 0.296 e. The van der Waals surface area contributed by atoms with Crippen molar-refractivity contribution in [2.45, 2.75) is 13.1 Å². The molecule has 4 heteroatoms. The maximum absolute atomic E-state index is 4.57. The predicted octanol–water partition coefficient (Wildman–Crippen LogP) is 11.9. The Morgan fingerprint density at radius 1 is 0.481 bits per heavy atom. The summed E-state index contributed by atoms with van der Waals surface area (Å²) in [5.74, 6) is 0.678. The van der Waals surface area contributed by atoms with Gasteiger partial charge in [-0.2, -0.15) is 0 Å². The summed E-state index contributed by atoms with van der Waals surface area (Å²) in [4.78, 5) is 17.0. The summed E-state index contributed by atoms with van der Waals surface area (Å²) in [7, 11) is 0. The lowest BCUT2D eigenvalue weighted by Gasteiger charge is -2.14. The maximum atomic E-state index is 4.57. The van der Waals surface area contributed by atoms with Crippen molar-refractivity contribution < 1.29 is 0 Å². The van der Waals surface area contributed by atoms with Crippen molar-refractivity contribution in [1.82, 2.24) is 4.98 Å². The number of benzene rings is 7. The summed E-state index contributed by atoms with van der Waals surface area (Å²) < 4.78 is 0. The Kier molecular flexibility index (Phi) is 10.6. The Morgan fingerprint density at radius 3 is 1.83 bits per heavy atom. The lowest BCUT2D eigenvalue weighted by Crippen LogP contribution is -1.97. The average Bonchev–Trinajstić information content (AvgIpc) is 3.22. The minimum atomic E-state index is 0.590. The van der Waals surface area contributed by atoms with E-state index in [0.717, 1.165) is 27.8 Å². The van der Waals surface area contributed by atoms with Crippen LogP contribution in [0.1, 0.15) is 16.7 Å². The van der Waals surface area contributed by atoms with Crippen LogP contribution in [0.4, 0.5) is 0 Å². The first-order chi connectivity index (χ1) is 25.7. The molecule has 0 unspecified atom stereocenters. The molecular formula is C48H38N4. The van der Waals surface area contributed by atoms with Gasteiger partial charge in [-0.1, -0.05) is 140 Å². The Labute approximate surface area is 305 Å². The molecule has 0 saturated carbocycles. The second-order valence-corrected chi connectivity index (χ2v) is 12.5. The number of hydrogen-bond acceptors (Lipinski definition) is 3. The second-order valence-electron chi connectivity index (χ2n) is 12.5. The highest BCUT2D eigenvalue weighted by atomic mass is 14.9. The normalized spacial score (nSPS) is 11.1. The Balaban J connectivity index is 0.000000167. The van der Waals surface area contributed by atoms with Crippen LogP contribution in [0.2, 0.25) is 0 Å². The van der Waals surface area contributed by atoms with E-state index in [-0.39, 0.29) is 0 Å². The van der Waals surface area contributed by atoms with Gasteiger partial charge in [-0.15, -0.1) is 0 Å². The smallest absolute Gasteiger partial charge is 0.154 e. The van der Waals surface area contributed by atoms with E-state index >= 15 is 0 Å². The average molecular weight is 671 g/mol. The minimum absolute atomic E-state index is 0.590. The monoisotopic (exact) mass is 670 g/mol. The molecule has 1 heterocycles. The van der Waals surface area contributed by atoms with Gasteiger partial charge in [0.2, 0.25) is 0 Å². The molecule has 0 bridgehead atoms. The minimum Gasteiger partial charge on any atom is -0.296 e. The van der Waals surface area contributed by atoms with Crippen LogP contribution in [0, 0.1) is 0 Å². The van der Waals surface area contributed by atoms with E-state index in [0.29, 0.717) is 18.9 Å². The van der Waals surface area contributed by atoms with Gasteiger partial charge < -0.3 is 0 Å². The van der Waals surface area contributed by atoms with E-state index in [1.165, 1.54) is 43.8 Å². The number of aliphatic imine (C=N–C) groups is 3. The van der Waals surface area contributed by atoms with Crippen LogP contribution in [-0.4, -0.2) is 24.3 Å². The van der Waals surface area contributed by atoms with Crippen LogP contribution in [0.25, 0.3) is 54.9 Å². The first-order valence-electron chi connectivity index (χ1n) is 17.3. The molecule has 0 aliphatic rings. The third-order valence-electron chi connectivity index (χ3n) is 9.02. The van der Waals surface area contributed by atoms with E-state index in [4.69, 9.17) is 0 Å². The Morgan fingerprint density at radius 2 is 1.12 bits per heavy atom. The zero-order valence-electron chi connectivity index (χ0n) is 28.9. The number of fused-ring (bicyclic) bond motifs is 3. The van der Waals surface area contributed by atoms with Gasteiger partial charge in [-0.05, 0) is 104 Å². The van der Waals surface area contributed by atoms with Crippen molar-refractivity contribution in [3.8, 4) is 33.4 Å². The summed E-state index contributed by atoms with van der Waals surface area (Å²) in [6.45, 7) is 8.50. The van der Waals surface area contributed by atoms with Crippen LogP contribution in [-0.2, 0) is 13.1 Å². The van der Waals surface area contributed by atoms with Gasteiger partial charge in [-0.25, -0.2) is 4.99 Å². The molecule has 0 aliphatic heterocycles. The quantitative estimate of drug-likeness (QED) is 0.0902. The van der Waals surface area contributed by atoms with Crippen molar-refractivity contribution in [3.63, 3.8) is 0 Å². The number of hydrogen-bond donors (Lipinski definition) is 0. The molecule has 7 aromatic carbocycles. The molecule has 0 aliphatic carbocycles. The van der Waals surface area contributed by atoms with E-state index < -0.39 is 0 Å². The van der Waals surface area contributed by atoms with Crippen LogP contribution < -0.4 is 0 Å². The Hall–Kier alpha value is -6.78. The maximum Gasteiger partial charge on any atom is 0.154 e. The lowest BCUT2D eigenvalue weighted by molar-refractivity contribution is 1.06. The van der Waals surface area contributed by atoms with Crippen molar-refractivity contribution in [2.24, 2.45) is 15.0 Å². The summed E-state index contributed by atoms with van der Waals surface area (Å²) >= 11 is 0. The molecule has 0 amide bonds.